The van der Waals surface area contributed by atoms with Crippen LogP contribution in [-0.4, -0.2) is 33.1 Å². The number of hydrogen-bond donors (Lipinski definition) is 3. The summed E-state index contributed by atoms with van der Waals surface area (Å²) in [7, 11) is 0. The Hall–Kier alpha value is -0.900. The minimum absolute atomic E-state index is 0.282. The lowest BCUT2D eigenvalue weighted by atomic mass is 9.59. The number of aliphatic hydroxyl groups excluding tert-OH is 2. The van der Waals surface area contributed by atoms with Crippen molar-refractivity contribution in [3.05, 3.63) is 35.5 Å². The zero-order valence-electron chi connectivity index (χ0n) is 18.6. The van der Waals surface area contributed by atoms with Gasteiger partial charge in [-0.25, -0.2) is 0 Å². The third-order valence-corrected chi connectivity index (χ3v) is 7.34. The summed E-state index contributed by atoms with van der Waals surface area (Å²) in [6.45, 7) is 10.9. The predicted molar refractivity (Wildman–Crippen MR) is 117 cm³/mol. The highest BCUT2D eigenvalue weighted by Gasteiger charge is 2.39. The molecule has 0 aromatic carbocycles. The average Bonchev–Trinajstić information content (AvgIpc) is 2.62. The van der Waals surface area contributed by atoms with Crippen LogP contribution in [0, 0.1) is 17.3 Å². The van der Waals surface area contributed by atoms with Gasteiger partial charge in [0.15, 0.2) is 0 Å². The van der Waals surface area contributed by atoms with Gasteiger partial charge in [0, 0.05) is 0 Å². The molecule has 0 amide bonds. The summed E-state index contributed by atoms with van der Waals surface area (Å²) in [4.78, 5) is 0. The van der Waals surface area contributed by atoms with Crippen molar-refractivity contribution in [2.45, 2.75) is 104 Å². The van der Waals surface area contributed by atoms with Gasteiger partial charge in [0.2, 0.25) is 0 Å². The van der Waals surface area contributed by atoms with E-state index < -0.39 is 17.8 Å². The highest BCUT2D eigenvalue weighted by atomic mass is 16.3. The molecule has 0 heterocycles. The van der Waals surface area contributed by atoms with Crippen LogP contribution in [0.15, 0.2) is 35.5 Å². The molecule has 2 saturated carbocycles. The van der Waals surface area contributed by atoms with Gasteiger partial charge in [0.1, 0.15) is 0 Å². The zero-order chi connectivity index (χ0) is 20.9. The van der Waals surface area contributed by atoms with E-state index in [0.717, 1.165) is 19.3 Å². The van der Waals surface area contributed by atoms with Crippen LogP contribution < -0.4 is 0 Å². The van der Waals surface area contributed by atoms with Gasteiger partial charge in [0.05, 0.1) is 17.8 Å². The molecule has 0 bridgehead atoms. The molecular weight excluding hydrogens is 348 g/mol. The van der Waals surface area contributed by atoms with E-state index in [9.17, 15) is 15.3 Å². The van der Waals surface area contributed by atoms with Gasteiger partial charge in [0.25, 0.3) is 0 Å². The van der Waals surface area contributed by atoms with Crippen LogP contribution in [0.4, 0.5) is 0 Å². The summed E-state index contributed by atoms with van der Waals surface area (Å²) < 4.78 is 0. The standard InChI is InChI=1S/C25H42O3/c1-18(9-6-7-15-24(3,4)28)25(5)16-8-10-21(19(25)2)13-11-20-12-14-22(26)23(27)17-20/h6-7,11,13,18-19,22-23,26-28H,8-10,12,14-17H2,1-5H3/b7-6+,20-11-,21-13+. The number of aliphatic hydroxyl groups is 3. The molecule has 3 N–H and O–H groups in total. The summed E-state index contributed by atoms with van der Waals surface area (Å²) >= 11 is 0. The summed E-state index contributed by atoms with van der Waals surface area (Å²) in [6, 6.07) is 0. The van der Waals surface area contributed by atoms with Crippen LogP contribution in [0.1, 0.15) is 86.0 Å². The number of rotatable bonds is 6. The topological polar surface area (TPSA) is 60.7 Å². The highest BCUT2D eigenvalue weighted by Crippen LogP contribution is 2.50. The molecule has 2 fully saturated rings. The highest BCUT2D eigenvalue weighted by molar-refractivity contribution is 5.24. The predicted octanol–water partition coefficient (Wildman–Crippen LogP) is 5.31. The van der Waals surface area contributed by atoms with E-state index in [1.54, 1.807) is 0 Å². The van der Waals surface area contributed by atoms with Gasteiger partial charge in [-0.05, 0) is 82.5 Å². The van der Waals surface area contributed by atoms with E-state index in [2.05, 4.69) is 45.1 Å². The van der Waals surface area contributed by atoms with Crippen molar-refractivity contribution < 1.29 is 15.3 Å². The lowest BCUT2D eigenvalue weighted by Crippen LogP contribution is -2.36. The third-order valence-electron chi connectivity index (χ3n) is 7.34. The molecular formula is C25H42O3. The molecule has 3 nitrogen and oxygen atoms in total. The normalized spacial score (nSPS) is 36.4. The van der Waals surface area contributed by atoms with Crippen molar-refractivity contribution in [3.8, 4) is 0 Å². The Balaban J connectivity index is 2.02. The quantitative estimate of drug-likeness (QED) is 0.538. The average molecular weight is 391 g/mol. The van der Waals surface area contributed by atoms with E-state index in [1.807, 2.05) is 13.8 Å². The van der Waals surface area contributed by atoms with Crippen molar-refractivity contribution in [2.24, 2.45) is 17.3 Å². The van der Waals surface area contributed by atoms with Crippen LogP contribution in [0.2, 0.25) is 0 Å². The molecule has 160 valence electrons. The Morgan fingerprint density at radius 3 is 2.50 bits per heavy atom. The van der Waals surface area contributed by atoms with Crippen molar-refractivity contribution >= 4 is 0 Å². The monoisotopic (exact) mass is 390 g/mol. The Labute approximate surface area is 172 Å². The molecule has 5 unspecified atom stereocenters. The molecule has 2 rings (SSSR count). The summed E-state index contributed by atoms with van der Waals surface area (Å²) in [5.74, 6) is 1.12. The van der Waals surface area contributed by atoms with Crippen LogP contribution in [0.5, 0.6) is 0 Å². The molecule has 0 aliphatic heterocycles. The molecule has 0 aromatic heterocycles. The Kier molecular flexibility index (Phi) is 8.13. The fraction of sp³-hybridized carbons (Fsp3) is 0.760. The smallest absolute Gasteiger partial charge is 0.0836 e. The fourth-order valence-electron chi connectivity index (χ4n) is 4.78. The lowest BCUT2D eigenvalue weighted by Gasteiger charge is -2.46. The Morgan fingerprint density at radius 1 is 1.14 bits per heavy atom. The van der Waals surface area contributed by atoms with Gasteiger partial charge in [-0.2, -0.15) is 0 Å². The first-order valence-electron chi connectivity index (χ1n) is 11.1. The van der Waals surface area contributed by atoms with Crippen LogP contribution in [0.3, 0.4) is 0 Å². The SMILES string of the molecule is CC(C/C=C/CC(C)(C)O)C1(C)CCC/C(=C\C=C2\CCC(O)C(O)C2)C1C. The van der Waals surface area contributed by atoms with Crippen molar-refractivity contribution in [1.29, 1.82) is 0 Å². The van der Waals surface area contributed by atoms with Gasteiger partial charge >= 0.3 is 0 Å². The summed E-state index contributed by atoms with van der Waals surface area (Å²) in [5.41, 5.74) is 2.43. The maximum atomic E-state index is 9.91. The molecule has 28 heavy (non-hydrogen) atoms. The molecule has 0 saturated heterocycles. The lowest BCUT2D eigenvalue weighted by molar-refractivity contribution is 0.00411. The molecule has 5 atom stereocenters. The molecule has 3 heteroatoms. The first-order valence-corrected chi connectivity index (χ1v) is 11.1. The number of hydrogen-bond acceptors (Lipinski definition) is 3. The second kappa shape index (κ2) is 9.73. The summed E-state index contributed by atoms with van der Waals surface area (Å²) in [5, 5.41) is 29.5. The minimum atomic E-state index is -0.631. The van der Waals surface area contributed by atoms with E-state index >= 15 is 0 Å². The van der Waals surface area contributed by atoms with Crippen LogP contribution in [0.25, 0.3) is 0 Å². The molecule has 0 aromatic rings. The van der Waals surface area contributed by atoms with E-state index in [-0.39, 0.29) is 5.41 Å². The second-order valence-corrected chi connectivity index (χ2v) is 10.1. The number of allylic oxidation sites excluding steroid dienone is 4. The first-order chi connectivity index (χ1) is 13.0. The third kappa shape index (κ3) is 6.30. The zero-order valence-corrected chi connectivity index (χ0v) is 18.6. The van der Waals surface area contributed by atoms with E-state index in [0.29, 0.717) is 31.1 Å². The largest absolute Gasteiger partial charge is 0.390 e. The molecule has 2 aliphatic rings. The van der Waals surface area contributed by atoms with E-state index in [4.69, 9.17) is 0 Å². The second-order valence-electron chi connectivity index (χ2n) is 10.1. The van der Waals surface area contributed by atoms with Gasteiger partial charge in [-0.15, -0.1) is 0 Å². The first kappa shape index (κ1) is 23.4. The fourth-order valence-corrected chi connectivity index (χ4v) is 4.78. The van der Waals surface area contributed by atoms with Gasteiger partial charge in [-0.1, -0.05) is 56.2 Å². The van der Waals surface area contributed by atoms with E-state index in [1.165, 1.54) is 24.0 Å². The maximum absolute atomic E-state index is 9.91. The summed E-state index contributed by atoms with van der Waals surface area (Å²) in [6.07, 6.45) is 15.3. The van der Waals surface area contributed by atoms with Crippen molar-refractivity contribution in [3.63, 3.8) is 0 Å². The van der Waals surface area contributed by atoms with Crippen LogP contribution in [-0.2, 0) is 0 Å². The maximum Gasteiger partial charge on any atom is 0.0836 e. The molecule has 2 aliphatic carbocycles. The van der Waals surface area contributed by atoms with Gasteiger partial charge in [-0.3, -0.25) is 0 Å². The Morgan fingerprint density at radius 2 is 1.86 bits per heavy atom. The van der Waals surface area contributed by atoms with Crippen molar-refractivity contribution in [1.82, 2.24) is 0 Å². The van der Waals surface area contributed by atoms with Crippen LogP contribution >= 0.6 is 0 Å². The van der Waals surface area contributed by atoms with Gasteiger partial charge < -0.3 is 15.3 Å². The molecule has 0 spiro atoms. The Bertz CT molecular complexity index is 595. The minimum Gasteiger partial charge on any atom is -0.390 e. The molecule has 0 radical (unpaired) electrons. The van der Waals surface area contributed by atoms with Crippen molar-refractivity contribution in [2.75, 3.05) is 0 Å².